The van der Waals surface area contributed by atoms with Gasteiger partial charge in [-0.25, -0.2) is 18.7 Å². The maximum atomic E-state index is 5.80. The van der Waals surface area contributed by atoms with Crippen molar-refractivity contribution in [2.75, 3.05) is 13.2 Å². The molecule has 128 valence electrons. The summed E-state index contributed by atoms with van der Waals surface area (Å²) in [5, 5.41) is 0. The highest BCUT2D eigenvalue weighted by atomic mass is 16.5. The minimum atomic E-state index is 0.762. The van der Waals surface area contributed by atoms with Gasteiger partial charge >= 0.3 is 0 Å². The van der Waals surface area contributed by atoms with Crippen molar-refractivity contribution in [2.45, 2.75) is 65.6 Å². The molecule has 0 fully saturated rings. The summed E-state index contributed by atoms with van der Waals surface area (Å²) in [5.74, 6) is 1.26. The second kappa shape index (κ2) is 10.2. The van der Waals surface area contributed by atoms with Gasteiger partial charge in [-0.05, 0) is 12.8 Å². The predicted octanol–water partition coefficient (Wildman–Crippen LogP) is 2.25. The molecule has 0 spiro atoms. The lowest BCUT2D eigenvalue weighted by atomic mass is 10.3. The van der Waals surface area contributed by atoms with E-state index in [1.165, 1.54) is 31.5 Å². The summed E-state index contributed by atoms with van der Waals surface area (Å²) in [6.07, 6.45) is 16.4. The second-order valence-electron chi connectivity index (χ2n) is 6.06. The first-order valence-corrected chi connectivity index (χ1v) is 9.01. The fraction of sp³-hybridized carbons (Fsp3) is 0.667. The molecule has 0 saturated heterocycles. The minimum absolute atomic E-state index is 0.762. The number of nitrogens with one attached hydrogen (secondary N) is 1. The summed E-state index contributed by atoms with van der Waals surface area (Å²) in [6.45, 7) is 9.09. The Hall–Kier alpha value is -1.62. The smallest absolute Gasteiger partial charge is 0.256 e. The Morgan fingerprint density at radius 2 is 1.91 bits per heavy atom. The average molecular weight is 320 g/mol. The van der Waals surface area contributed by atoms with E-state index in [4.69, 9.17) is 4.74 Å². The van der Waals surface area contributed by atoms with E-state index >= 15 is 0 Å². The molecule has 0 unspecified atom stereocenters. The quantitative estimate of drug-likeness (QED) is 0.473. The van der Waals surface area contributed by atoms with Crippen LogP contribution in [0.3, 0.4) is 0 Å². The van der Waals surface area contributed by atoms with Gasteiger partial charge < -0.3 is 4.74 Å². The number of aromatic amines is 1. The van der Waals surface area contributed by atoms with Gasteiger partial charge in [-0.2, -0.15) is 0 Å². The van der Waals surface area contributed by atoms with Crippen molar-refractivity contribution in [3.8, 4) is 0 Å². The molecule has 5 nitrogen and oxygen atoms in total. The number of rotatable bonds is 12. The SMILES string of the molecule is CCCC[n+]1ccn(CCOCCc2[nH]cc[n+]2CCCC)c1. The van der Waals surface area contributed by atoms with E-state index in [-0.39, 0.29) is 0 Å². The Labute approximate surface area is 139 Å². The first-order chi connectivity index (χ1) is 11.3. The maximum Gasteiger partial charge on any atom is 0.256 e. The first kappa shape index (κ1) is 17.7. The molecule has 2 aromatic heterocycles. The molecule has 23 heavy (non-hydrogen) atoms. The third-order valence-corrected chi connectivity index (χ3v) is 4.10. The summed E-state index contributed by atoms with van der Waals surface area (Å²) >= 11 is 0. The Balaban J connectivity index is 1.62. The van der Waals surface area contributed by atoms with Crippen LogP contribution < -0.4 is 9.13 Å². The Morgan fingerprint density at radius 3 is 2.74 bits per heavy atom. The molecular weight excluding hydrogens is 288 g/mol. The van der Waals surface area contributed by atoms with Crippen LogP contribution in [-0.2, 0) is 30.8 Å². The van der Waals surface area contributed by atoms with Gasteiger partial charge in [-0.3, -0.25) is 0 Å². The fourth-order valence-corrected chi connectivity index (χ4v) is 2.63. The lowest BCUT2D eigenvalue weighted by Crippen LogP contribution is -2.36. The Bertz CT molecular complexity index is 547. The number of unbranched alkanes of at least 4 members (excludes halogenated alkanes) is 2. The zero-order valence-electron chi connectivity index (χ0n) is 14.7. The number of imidazole rings is 2. The number of aryl methyl sites for hydroxylation is 2. The highest BCUT2D eigenvalue weighted by Gasteiger charge is 2.09. The van der Waals surface area contributed by atoms with Crippen molar-refractivity contribution in [2.24, 2.45) is 0 Å². The molecular formula is C18H32N4O+2. The molecule has 0 saturated carbocycles. The van der Waals surface area contributed by atoms with Gasteiger partial charge in [0.25, 0.3) is 5.82 Å². The molecule has 1 N–H and O–H groups in total. The second-order valence-corrected chi connectivity index (χ2v) is 6.06. The molecule has 0 bridgehead atoms. The van der Waals surface area contributed by atoms with Gasteiger partial charge in [0.1, 0.15) is 31.3 Å². The van der Waals surface area contributed by atoms with E-state index in [2.05, 4.69) is 57.5 Å². The lowest BCUT2D eigenvalue weighted by Gasteiger charge is -2.02. The first-order valence-electron chi connectivity index (χ1n) is 9.01. The highest BCUT2D eigenvalue weighted by Crippen LogP contribution is 1.94. The number of hydrogen-bond donors (Lipinski definition) is 1. The minimum Gasteiger partial charge on any atom is -0.377 e. The molecule has 0 aliphatic carbocycles. The number of ether oxygens (including phenoxy) is 1. The monoisotopic (exact) mass is 320 g/mol. The molecule has 0 atom stereocenters. The van der Waals surface area contributed by atoms with Crippen molar-refractivity contribution >= 4 is 0 Å². The number of H-pyrrole nitrogens is 1. The normalized spacial score (nSPS) is 11.2. The molecule has 0 radical (unpaired) electrons. The van der Waals surface area contributed by atoms with Gasteiger partial charge in [0.15, 0.2) is 0 Å². The van der Waals surface area contributed by atoms with E-state index < -0.39 is 0 Å². The Kier molecular flexibility index (Phi) is 7.87. The summed E-state index contributed by atoms with van der Waals surface area (Å²) in [6, 6.07) is 0. The molecule has 5 heteroatoms. The van der Waals surface area contributed by atoms with E-state index in [1.807, 2.05) is 6.20 Å². The van der Waals surface area contributed by atoms with Crippen molar-refractivity contribution in [1.82, 2.24) is 9.55 Å². The molecule has 0 aliphatic heterocycles. The van der Waals surface area contributed by atoms with Crippen LogP contribution in [0.5, 0.6) is 0 Å². The van der Waals surface area contributed by atoms with Gasteiger partial charge in [-0.1, -0.05) is 26.7 Å². The highest BCUT2D eigenvalue weighted by molar-refractivity contribution is 4.77. The zero-order valence-corrected chi connectivity index (χ0v) is 14.7. The van der Waals surface area contributed by atoms with Crippen LogP contribution >= 0.6 is 0 Å². The topological polar surface area (TPSA) is 37.7 Å². The largest absolute Gasteiger partial charge is 0.377 e. The van der Waals surface area contributed by atoms with E-state index in [0.29, 0.717) is 0 Å². The lowest BCUT2D eigenvalue weighted by molar-refractivity contribution is -0.703. The van der Waals surface area contributed by atoms with Crippen LogP contribution in [0.4, 0.5) is 0 Å². The summed E-state index contributed by atoms with van der Waals surface area (Å²) in [7, 11) is 0. The molecule has 2 rings (SSSR count). The third kappa shape index (κ3) is 6.18. The number of aromatic nitrogens is 4. The molecule has 0 aliphatic rings. The van der Waals surface area contributed by atoms with Crippen molar-refractivity contribution in [1.29, 1.82) is 0 Å². The van der Waals surface area contributed by atoms with Gasteiger partial charge in [0.2, 0.25) is 6.33 Å². The van der Waals surface area contributed by atoms with Gasteiger partial charge in [-0.15, -0.1) is 0 Å². The van der Waals surface area contributed by atoms with Crippen molar-refractivity contribution in [3.05, 3.63) is 36.9 Å². The summed E-state index contributed by atoms with van der Waals surface area (Å²) in [5.41, 5.74) is 0. The van der Waals surface area contributed by atoms with Gasteiger partial charge in [0.05, 0.1) is 32.7 Å². The average Bonchev–Trinajstić information content (AvgIpc) is 3.20. The number of hydrogen-bond acceptors (Lipinski definition) is 1. The predicted molar refractivity (Wildman–Crippen MR) is 90.0 cm³/mol. The molecule has 2 heterocycles. The summed E-state index contributed by atoms with van der Waals surface area (Å²) < 4.78 is 12.5. The van der Waals surface area contributed by atoms with Crippen LogP contribution in [-0.4, -0.2) is 22.8 Å². The van der Waals surface area contributed by atoms with E-state index in [9.17, 15) is 0 Å². The zero-order chi connectivity index (χ0) is 16.3. The van der Waals surface area contributed by atoms with E-state index in [1.54, 1.807) is 0 Å². The van der Waals surface area contributed by atoms with Crippen LogP contribution in [0.25, 0.3) is 0 Å². The molecule has 2 aromatic rings. The van der Waals surface area contributed by atoms with Crippen molar-refractivity contribution < 1.29 is 13.9 Å². The summed E-state index contributed by atoms with van der Waals surface area (Å²) in [4.78, 5) is 3.32. The van der Waals surface area contributed by atoms with E-state index in [0.717, 1.165) is 39.3 Å². The Morgan fingerprint density at radius 1 is 1.09 bits per heavy atom. The van der Waals surface area contributed by atoms with Crippen LogP contribution in [0.15, 0.2) is 31.1 Å². The fourth-order valence-electron chi connectivity index (χ4n) is 2.63. The molecule has 0 aromatic carbocycles. The van der Waals surface area contributed by atoms with Crippen LogP contribution in [0.2, 0.25) is 0 Å². The number of nitrogens with zero attached hydrogens (tertiary/aromatic N) is 3. The van der Waals surface area contributed by atoms with Crippen molar-refractivity contribution in [3.63, 3.8) is 0 Å². The van der Waals surface area contributed by atoms with Gasteiger partial charge in [0, 0.05) is 0 Å². The van der Waals surface area contributed by atoms with Crippen LogP contribution in [0.1, 0.15) is 45.4 Å². The standard InChI is InChI=1S/C18H31N4O/c1-3-5-9-20-12-13-21(17-20)14-16-23-15-7-18-19-8-11-22(18)10-6-4-2/h8,11-13,17H,3-7,9-10,14-16H2,1-2H3/q+1/p+1. The van der Waals surface area contributed by atoms with Crippen LogP contribution in [0, 0.1) is 0 Å². The molecule has 0 amide bonds. The third-order valence-electron chi connectivity index (χ3n) is 4.10. The maximum absolute atomic E-state index is 5.80.